The molecule has 13 heteroatoms. The molecule has 2 aromatic heterocycles. The molecule has 0 saturated heterocycles. The van der Waals surface area contributed by atoms with Crippen LogP contribution >= 0.6 is 0 Å². The van der Waals surface area contributed by atoms with Crippen LogP contribution in [-0.2, 0) is 10.0 Å². The lowest BCUT2D eigenvalue weighted by molar-refractivity contribution is -0.122. The summed E-state index contributed by atoms with van der Waals surface area (Å²) in [5, 5.41) is 4.01. The van der Waals surface area contributed by atoms with E-state index in [9.17, 15) is 22.0 Å². The van der Waals surface area contributed by atoms with Crippen LogP contribution in [0, 0.1) is 11.7 Å². The Balaban J connectivity index is 1.40. The number of pyridine rings is 1. The van der Waals surface area contributed by atoms with E-state index in [-0.39, 0.29) is 47.3 Å². The molecule has 2 heterocycles. The van der Waals surface area contributed by atoms with Gasteiger partial charge in [-0.3, -0.25) is 14.1 Å². The summed E-state index contributed by atoms with van der Waals surface area (Å²) >= 11 is 0. The average molecular weight is 607 g/mol. The van der Waals surface area contributed by atoms with Gasteiger partial charge < -0.3 is 10.2 Å². The molecule has 0 bridgehead atoms. The van der Waals surface area contributed by atoms with E-state index in [0.717, 1.165) is 31.7 Å². The summed E-state index contributed by atoms with van der Waals surface area (Å²) in [5.74, 6) is -5.60. The molecule has 0 aliphatic heterocycles. The van der Waals surface area contributed by atoms with E-state index in [0.29, 0.717) is 23.0 Å². The summed E-state index contributed by atoms with van der Waals surface area (Å²) in [4.78, 5) is 25.1. The monoisotopic (exact) mass is 606 g/mol. The van der Waals surface area contributed by atoms with Gasteiger partial charge >= 0.3 is 0 Å². The van der Waals surface area contributed by atoms with Crippen molar-refractivity contribution in [2.75, 3.05) is 29.9 Å². The zero-order chi connectivity index (χ0) is 30.4. The zero-order valence-electron chi connectivity index (χ0n) is 24.2. The highest BCUT2D eigenvalue weighted by Gasteiger charge is 2.50. The second-order valence-electron chi connectivity index (χ2n) is 12.0. The topological polar surface area (TPSA) is 109 Å². The number of hydrogen-bond acceptors (Lipinski definition) is 7. The number of fused-ring (bicyclic) bond motifs is 1. The van der Waals surface area contributed by atoms with E-state index in [1.54, 1.807) is 12.3 Å². The fourth-order valence-corrected chi connectivity index (χ4v) is 7.33. The summed E-state index contributed by atoms with van der Waals surface area (Å²) < 4.78 is 70.7. The summed E-state index contributed by atoms with van der Waals surface area (Å²) in [6.07, 6.45) is 5.51. The zero-order valence-corrected chi connectivity index (χ0v) is 25.0. The van der Waals surface area contributed by atoms with Gasteiger partial charge in [0, 0.05) is 47.6 Å². The normalized spacial score (nSPS) is 22.4. The minimum atomic E-state index is -4.20. The third kappa shape index (κ3) is 6.26. The maximum Gasteiger partial charge on any atom is 0.260 e. The molecular formula is C29H37F3N6O3S. The molecule has 1 atom stereocenters. The first-order valence-corrected chi connectivity index (χ1v) is 15.9. The number of benzene rings is 1. The quantitative estimate of drug-likeness (QED) is 0.343. The van der Waals surface area contributed by atoms with Crippen LogP contribution < -0.4 is 15.6 Å². The van der Waals surface area contributed by atoms with E-state index in [1.807, 2.05) is 13.8 Å². The molecule has 2 saturated carbocycles. The number of alkyl halides is 2. The van der Waals surface area contributed by atoms with E-state index in [2.05, 4.69) is 39.0 Å². The van der Waals surface area contributed by atoms with Crippen molar-refractivity contribution >= 4 is 32.7 Å². The highest BCUT2D eigenvalue weighted by Crippen LogP contribution is 2.44. The Kier molecular flexibility index (Phi) is 8.27. The van der Waals surface area contributed by atoms with Crippen LogP contribution in [0.1, 0.15) is 58.4 Å². The van der Waals surface area contributed by atoms with Crippen LogP contribution in [0.5, 0.6) is 0 Å². The van der Waals surface area contributed by atoms with Crippen LogP contribution in [0.25, 0.3) is 22.2 Å². The van der Waals surface area contributed by atoms with Gasteiger partial charge in [0.1, 0.15) is 11.5 Å². The van der Waals surface area contributed by atoms with Crippen molar-refractivity contribution in [2.45, 2.75) is 76.4 Å². The SMILES string of the molecule is CC(C)n1c(=O)c(-c2ccc(NS(=O)(=O)CC3CCC3(F)F)c(F)c2)cc2cnc(NC3CCC(N(C)C)CC3)nc21. The highest BCUT2D eigenvalue weighted by atomic mass is 32.2. The predicted octanol–water partition coefficient (Wildman–Crippen LogP) is 5.25. The predicted molar refractivity (Wildman–Crippen MR) is 158 cm³/mol. The Bertz CT molecular complexity index is 1640. The van der Waals surface area contributed by atoms with E-state index >= 15 is 4.39 Å². The fourth-order valence-electron chi connectivity index (χ4n) is 5.81. The van der Waals surface area contributed by atoms with Gasteiger partial charge in [0.2, 0.25) is 16.0 Å². The number of hydrogen-bond donors (Lipinski definition) is 2. The number of anilines is 2. The fraction of sp³-hybridized carbons (Fsp3) is 0.552. The van der Waals surface area contributed by atoms with Crippen molar-refractivity contribution < 1.29 is 21.6 Å². The summed E-state index contributed by atoms with van der Waals surface area (Å²) in [5.41, 5.74) is 0.140. The van der Waals surface area contributed by atoms with Crippen LogP contribution in [0.3, 0.4) is 0 Å². The Morgan fingerprint density at radius 2 is 1.83 bits per heavy atom. The molecule has 0 radical (unpaired) electrons. The number of nitrogens with one attached hydrogen (secondary N) is 2. The van der Waals surface area contributed by atoms with E-state index in [4.69, 9.17) is 0 Å². The molecule has 9 nitrogen and oxygen atoms in total. The van der Waals surface area contributed by atoms with Crippen LogP contribution in [0.15, 0.2) is 35.3 Å². The molecule has 2 N–H and O–H groups in total. The minimum absolute atomic E-state index is 0.0957. The second kappa shape index (κ2) is 11.5. The third-order valence-electron chi connectivity index (χ3n) is 8.44. The standard InChI is InChI=1S/C29H37F3N6O3S/c1-17(2)38-26-19(15-33-28(35-26)34-21-6-8-22(9-7-21)37(3)4)13-23(27(38)39)18-5-10-25(24(30)14-18)36-42(40,41)16-20-11-12-29(20,31)32/h5,10,13-15,17,20-22,36H,6-9,11-12,16H2,1-4H3,(H,33,34,35). The molecule has 3 aromatic rings. The van der Waals surface area contributed by atoms with Gasteiger partial charge in [0.05, 0.1) is 11.4 Å². The number of aromatic nitrogens is 3. The van der Waals surface area contributed by atoms with Crippen molar-refractivity contribution in [2.24, 2.45) is 5.92 Å². The van der Waals surface area contributed by atoms with Crippen molar-refractivity contribution in [3.8, 4) is 11.1 Å². The molecule has 42 heavy (non-hydrogen) atoms. The highest BCUT2D eigenvalue weighted by molar-refractivity contribution is 7.92. The van der Waals surface area contributed by atoms with Crippen molar-refractivity contribution in [1.82, 2.24) is 19.4 Å². The summed E-state index contributed by atoms with van der Waals surface area (Å²) in [7, 11) is -0.0142. The number of halogens is 3. The first-order valence-electron chi connectivity index (χ1n) is 14.3. The molecule has 0 amide bonds. The van der Waals surface area contributed by atoms with Gasteiger partial charge in [0.15, 0.2) is 0 Å². The van der Waals surface area contributed by atoms with Crippen LogP contribution in [0.4, 0.5) is 24.8 Å². The first-order chi connectivity index (χ1) is 19.7. The maximum atomic E-state index is 15.1. The van der Waals surface area contributed by atoms with Crippen LogP contribution in [0.2, 0.25) is 0 Å². The second-order valence-corrected chi connectivity index (χ2v) is 13.8. The Morgan fingerprint density at radius 1 is 1.12 bits per heavy atom. The summed E-state index contributed by atoms with van der Waals surface area (Å²) in [6.45, 7) is 3.71. The molecule has 5 rings (SSSR count). The molecule has 2 aliphatic rings. The number of nitrogens with zero attached hydrogens (tertiary/aromatic N) is 4. The molecule has 1 aromatic carbocycles. The van der Waals surface area contributed by atoms with Crippen molar-refractivity contribution in [1.29, 1.82) is 0 Å². The molecular weight excluding hydrogens is 569 g/mol. The Labute approximate surface area is 243 Å². The van der Waals surface area contributed by atoms with Gasteiger partial charge in [-0.2, -0.15) is 4.98 Å². The van der Waals surface area contributed by atoms with Gasteiger partial charge in [-0.05, 0) is 83.8 Å². The molecule has 0 spiro atoms. The lowest BCUT2D eigenvalue weighted by Crippen LogP contribution is -2.43. The molecule has 2 aliphatic carbocycles. The van der Waals surface area contributed by atoms with Gasteiger partial charge in [0.25, 0.3) is 11.5 Å². The van der Waals surface area contributed by atoms with E-state index < -0.39 is 33.4 Å². The molecule has 2 fully saturated rings. The average Bonchev–Trinajstić information content (AvgIpc) is 2.92. The summed E-state index contributed by atoms with van der Waals surface area (Å²) in [6, 6.07) is 5.81. The molecule has 1 unspecified atom stereocenters. The minimum Gasteiger partial charge on any atom is -0.351 e. The maximum absolute atomic E-state index is 15.1. The van der Waals surface area contributed by atoms with Crippen molar-refractivity contribution in [3.63, 3.8) is 0 Å². The molecule has 228 valence electrons. The van der Waals surface area contributed by atoms with Gasteiger partial charge in [-0.15, -0.1) is 0 Å². The third-order valence-corrected chi connectivity index (χ3v) is 9.81. The van der Waals surface area contributed by atoms with Gasteiger partial charge in [-0.1, -0.05) is 6.07 Å². The van der Waals surface area contributed by atoms with Gasteiger partial charge in [-0.25, -0.2) is 26.6 Å². The Morgan fingerprint density at radius 3 is 2.40 bits per heavy atom. The lowest BCUT2D eigenvalue weighted by atomic mass is 9.82. The first kappa shape index (κ1) is 30.3. The Hall–Kier alpha value is -3.19. The van der Waals surface area contributed by atoms with Crippen LogP contribution in [-0.4, -0.2) is 65.7 Å². The largest absolute Gasteiger partial charge is 0.351 e. The van der Waals surface area contributed by atoms with Crippen molar-refractivity contribution in [3.05, 3.63) is 46.6 Å². The lowest BCUT2D eigenvalue weighted by Gasteiger charge is -2.35. The van der Waals surface area contributed by atoms with E-state index in [1.165, 1.54) is 16.7 Å². The number of rotatable bonds is 9. The number of sulfonamides is 1. The smallest absolute Gasteiger partial charge is 0.260 e.